The van der Waals surface area contributed by atoms with Gasteiger partial charge in [0.1, 0.15) is 12.6 Å². The molecular weight excluding hydrogens is 436 g/mol. The predicted octanol–water partition coefficient (Wildman–Crippen LogP) is 4.29. The number of nitrogens with one attached hydrogen (secondary N) is 2. The van der Waals surface area contributed by atoms with Crippen molar-refractivity contribution in [2.75, 3.05) is 20.6 Å². The van der Waals surface area contributed by atoms with Crippen LogP contribution in [0.5, 0.6) is 0 Å². The molecule has 2 rings (SSSR count). The predicted molar refractivity (Wildman–Crippen MR) is 145 cm³/mol. The number of hydrogen-bond donors (Lipinski definition) is 2. The molecule has 1 atom stereocenters. The van der Waals surface area contributed by atoms with Crippen LogP contribution in [0.2, 0.25) is 0 Å². The molecule has 0 aromatic heterocycles. The van der Waals surface area contributed by atoms with Crippen LogP contribution in [-0.4, -0.2) is 49.9 Å². The topological polar surface area (TPSA) is 73.8 Å². The van der Waals surface area contributed by atoms with Crippen LogP contribution in [0.4, 0.5) is 0 Å². The molecule has 6 nitrogen and oxygen atoms in total. The standard InChI is InChI=1S/C29H36N4O2/c1-6-10-25-11-7-8-12-28(25)32-18-22(2)31-19-24-14-15-26(21-35)27(17-24)20-33(5)29(13-9-16-34)23(3)30-4/h6-8,10-12,14-17,21,29-31H,1-3,9,13,18-20H2,4-5H3/b25-10-,32-28?. The molecule has 1 aromatic carbocycles. The fourth-order valence-electron chi connectivity index (χ4n) is 3.82. The minimum Gasteiger partial charge on any atom is -0.391 e. The Labute approximate surface area is 209 Å². The number of rotatable bonds is 15. The van der Waals surface area contributed by atoms with E-state index in [0.717, 1.165) is 46.4 Å². The highest BCUT2D eigenvalue weighted by atomic mass is 16.1. The third-order valence-electron chi connectivity index (χ3n) is 5.78. The Kier molecular flexibility index (Phi) is 11.4. The summed E-state index contributed by atoms with van der Waals surface area (Å²) in [6.07, 6.45) is 14.5. The molecule has 0 saturated carbocycles. The van der Waals surface area contributed by atoms with Gasteiger partial charge in [0.15, 0.2) is 0 Å². The smallest absolute Gasteiger partial charge is 0.150 e. The number of nitrogens with zero attached hydrogens (tertiary/aromatic N) is 2. The SMILES string of the molecule is C=C/C=C1/C=CC=CC1=NCC(=C)NCc1ccc(C=O)c(CN(C)C(CCC=O)C(=C)NC)c1. The van der Waals surface area contributed by atoms with E-state index < -0.39 is 0 Å². The van der Waals surface area contributed by atoms with Crippen molar-refractivity contribution in [1.82, 2.24) is 15.5 Å². The van der Waals surface area contributed by atoms with E-state index in [9.17, 15) is 9.59 Å². The van der Waals surface area contributed by atoms with Crippen molar-refractivity contribution >= 4 is 18.3 Å². The first-order valence-electron chi connectivity index (χ1n) is 11.6. The molecule has 0 fully saturated rings. The third kappa shape index (κ3) is 8.50. The fraction of sp³-hybridized carbons (Fsp3) is 0.276. The van der Waals surface area contributed by atoms with Gasteiger partial charge in [-0.25, -0.2) is 0 Å². The van der Waals surface area contributed by atoms with E-state index in [0.29, 0.717) is 38.0 Å². The summed E-state index contributed by atoms with van der Waals surface area (Å²) in [4.78, 5) is 29.3. The van der Waals surface area contributed by atoms with Crippen LogP contribution in [0.1, 0.15) is 34.3 Å². The lowest BCUT2D eigenvalue weighted by Gasteiger charge is -2.30. The summed E-state index contributed by atoms with van der Waals surface area (Å²) in [6.45, 7) is 13.5. The number of hydrogen-bond acceptors (Lipinski definition) is 6. The number of benzene rings is 1. The van der Waals surface area contributed by atoms with Crippen LogP contribution in [0.3, 0.4) is 0 Å². The molecule has 0 heterocycles. The molecule has 6 heteroatoms. The van der Waals surface area contributed by atoms with Crippen molar-refractivity contribution in [3.8, 4) is 0 Å². The van der Waals surface area contributed by atoms with E-state index in [2.05, 4.69) is 40.3 Å². The molecule has 0 bridgehead atoms. The molecule has 0 amide bonds. The summed E-state index contributed by atoms with van der Waals surface area (Å²) in [5, 5.41) is 6.42. The largest absolute Gasteiger partial charge is 0.391 e. The molecule has 0 saturated heterocycles. The van der Waals surface area contributed by atoms with Crippen LogP contribution in [-0.2, 0) is 17.9 Å². The monoisotopic (exact) mass is 472 g/mol. The molecule has 1 aliphatic carbocycles. The molecule has 0 spiro atoms. The number of carbonyl (C=O) groups is 2. The van der Waals surface area contributed by atoms with Gasteiger partial charge < -0.3 is 15.4 Å². The van der Waals surface area contributed by atoms with Gasteiger partial charge >= 0.3 is 0 Å². The molecule has 0 aliphatic heterocycles. The zero-order valence-corrected chi connectivity index (χ0v) is 20.8. The number of carbonyl (C=O) groups excluding carboxylic acids is 2. The van der Waals surface area contributed by atoms with Crippen molar-refractivity contribution in [3.05, 3.63) is 108 Å². The first-order chi connectivity index (χ1) is 16.9. The van der Waals surface area contributed by atoms with Crippen molar-refractivity contribution < 1.29 is 9.59 Å². The van der Waals surface area contributed by atoms with Crippen LogP contribution in [0.15, 0.2) is 96.4 Å². The van der Waals surface area contributed by atoms with Gasteiger partial charge in [-0.2, -0.15) is 0 Å². The van der Waals surface area contributed by atoms with E-state index in [1.54, 1.807) is 6.08 Å². The van der Waals surface area contributed by atoms with Crippen LogP contribution in [0.25, 0.3) is 0 Å². The summed E-state index contributed by atoms with van der Waals surface area (Å²) in [6, 6.07) is 5.80. The fourth-order valence-corrected chi connectivity index (χ4v) is 3.82. The molecule has 0 radical (unpaired) electrons. The minimum absolute atomic E-state index is 0.0194. The van der Waals surface area contributed by atoms with E-state index in [1.165, 1.54) is 0 Å². The summed E-state index contributed by atoms with van der Waals surface area (Å²) in [7, 11) is 3.80. The minimum atomic E-state index is -0.0194. The molecule has 1 unspecified atom stereocenters. The lowest BCUT2D eigenvalue weighted by molar-refractivity contribution is -0.108. The summed E-state index contributed by atoms with van der Waals surface area (Å²) in [5.41, 5.74) is 6.16. The maximum Gasteiger partial charge on any atom is 0.150 e. The van der Waals surface area contributed by atoms with E-state index >= 15 is 0 Å². The van der Waals surface area contributed by atoms with Gasteiger partial charge in [-0.15, -0.1) is 0 Å². The maximum absolute atomic E-state index is 11.7. The molecule has 1 aromatic rings. The molecule has 1 aliphatic rings. The van der Waals surface area contributed by atoms with E-state index in [-0.39, 0.29) is 6.04 Å². The average Bonchev–Trinajstić information content (AvgIpc) is 2.87. The molecular formula is C29H36N4O2. The molecule has 2 N–H and O–H groups in total. The maximum atomic E-state index is 11.7. The van der Waals surface area contributed by atoms with Crippen molar-refractivity contribution in [2.24, 2.45) is 4.99 Å². The Balaban J connectivity index is 2.05. The van der Waals surface area contributed by atoms with Crippen LogP contribution < -0.4 is 10.6 Å². The number of allylic oxidation sites excluding steroid dienone is 7. The number of likely N-dealkylation sites (N-methyl/N-ethyl adjacent to an activating group) is 2. The first-order valence-corrected chi connectivity index (χ1v) is 11.6. The van der Waals surface area contributed by atoms with Gasteiger partial charge in [0.2, 0.25) is 0 Å². The van der Waals surface area contributed by atoms with Gasteiger partial charge in [-0.05, 0) is 36.2 Å². The van der Waals surface area contributed by atoms with Gasteiger partial charge in [-0.3, -0.25) is 14.7 Å². The highest BCUT2D eigenvalue weighted by molar-refractivity contribution is 6.11. The Morgan fingerprint density at radius 3 is 2.66 bits per heavy atom. The summed E-state index contributed by atoms with van der Waals surface area (Å²) < 4.78 is 0. The first kappa shape index (κ1) is 27.5. The van der Waals surface area contributed by atoms with Crippen molar-refractivity contribution in [2.45, 2.75) is 32.0 Å². The van der Waals surface area contributed by atoms with Gasteiger partial charge in [0.25, 0.3) is 0 Å². The number of aliphatic imine (C=N–C) groups is 1. The zero-order valence-electron chi connectivity index (χ0n) is 20.8. The Hall–Kier alpha value is -3.77. The third-order valence-corrected chi connectivity index (χ3v) is 5.78. The molecule has 35 heavy (non-hydrogen) atoms. The lowest BCUT2D eigenvalue weighted by atomic mass is 10.0. The van der Waals surface area contributed by atoms with Crippen LogP contribution in [0, 0.1) is 0 Å². The van der Waals surface area contributed by atoms with Crippen molar-refractivity contribution in [3.63, 3.8) is 0 Å². The van der Waals surface area contributed by atoms with Crippen LogP contribution >= 0.6 is 0 Å². The summed E-state index contributed by atoms with van der Waals surface area (Å²) in [5.74, 6) is 0. The molecule has 184 valence electrons. The van der Waals surface area contributed by atoms with E-state index in [1.807, 2.05) is 62.7 Å². The highest BCUT2D eigenvalue weighted by Gasteiger charge is 2.18. The zero-order chi connectivity index (χ0) is 25.6. The quantitative estimate of drug-likeness (QED) is 0.373. The highest BCUT2D eigenvalue weighted by Crippen LogP contribution is 2.18. The normalized spacial score (nSPS) is 15.7. The van der Waals surface area contributed by atoms with Gasteiger partial charge in [0.05, 0.1) is 12.3 Å². The second-order valence-corrected chi connectivity index (χ2v) is 8.34. The lowest BCUT2D eigenvalue weighted by Crippen LogP contribution is -2.36. The van der Waals surface area contributed by atoms with Gasteiger partial charge in [0, 0.05) is 49.6 Å². The van der Waals surface area contributed by atoms with Gasteiger partial charge in [-0.1, -0.05) is 68.3 Å². The van der Waals surface area contributed by atoms with Crippen molar-refractivity contribution in [1.29, 1.82) is 0 Å². The Morgan fingerprint density at radius 1 is 1.20 bits per heavy atom. The average molecular weight is 473 g/mol. The Bertz CT molecular complexity index is 1060. The number of aldehydes is 2. The van der Waals surface area contributed by atoms with E-state index in [4.69, 9.17) is 0 Å². The second kappa shape index (κ2) is 14.5. The Morgan fingerprint density at radius 2 is 1.97 bits per heavy atom. The second-order valence-electron chi connectivity index (χ2n) is 8.34. The summed E-state index contributed by atoms with van der Waals surface area (Å²) >= 11 is 0.